The number of sulfonamides is 1. The van der Waals surface area contributed by atoms with Gasteiger partial charge in [0.2, 0.25) is 10.0 Å². The molecule has 2 aromatic heterocycles. The lowest BCUT2D eigenvalue weighted by atomic mass is 10.2. The summed E-state index contributed by atoms with van der Waals surface area (Å²) >= 11 is 0. The highest BCUT2D eigenvalue weighted by Crippen LogP contribution is 2.28. The van der Waals surface area contributed by atoms with Crippen LogP contribution in [0.5, 0.6) is 0 Å². The molecule has 2 rings (SSSR count). The van der Waals surface area contributed by atoms with Crippen molar-refractivity contribution in [2.75, 3.05) is 7.05 Å². The molecule has 2 heterocycles. The Labute approximate surface area is 124 Å². The lowest BCUT2D eigenvalue weighted by Crippen LogP contribution is -2.28. The molecule has 0 amide bonds. The quantitative estimate of drug-likeness (QED) is 0.854. The summed E-state index contributed by atoms with van der Waals surface area (Å²) in [5, 5.41) is 2.96. The molecule has 2 aromatic rings. The molecule has 0 aliphatic carbocycles. The van der Waals surface area contributed by atoms with Crippen LogP contribution in [0.4, 0.5) is 0 Å². The monoisotopic (exact) mass is 312 g/mol. The fraction of sp³-hybridized carbons (Fsp3) is 0.429. The first-order chi connectivity index (χ1) is 9.86. The van der Waals surface area contributed by atoms with E-state index in [9.17, 15) is 8.42 Å². The molecule has 116 valence electrons. The Hall–Kier alpha value is -1.57. The third-order valence-electron chi connectivity index (χ3n) is 3.25. The van der Waals surface area contributed by atoms with Gasteiger partial charge in [0, 0.05) is 12.1 Å². The lowest BCUT2D eigenvalue weighted by Gasteiger charge is -2.13. The summed E-state index contributed by atoms with van der Waals surface area (Å²) in [6.45, 7) is 5.57. The third kappa shape index (κ3) is 3.20. The van der Waals surface area contributed by atoms with Crippen molar-refractivity contribution in [1.82, 2.24) is 10.0 Å². The molecule has 2 N–H and O–H groups in total. The fourth-order valence-corrected chi connectivity index (χ4v) is 3.99. The third-order valence-corrected chi connectivity index (χ3v) is 4.98. The summed E-state index contributed by atoms with van der Waals surface area (Å²) in [6.07, 6.45) is 1.51. The Kier molecular flexibility index (Phi) is 4.55. The Morgan fingerprint density at radius 2 is 2.00 bits per heavy atom. The Balaban J connectivity index is 2.36. The number of aryl methyl sites for hydroxylation is 2. The topological polar surface area (TPSA) is 84.5 Å². The molecule has 21 heavy (non-hydrogen) atoms. The van der Waals surface area contributed by atoms with Gasteiger partial charge in [-0.2, -0.15) is 0 Å². The smallest absolute Gasteiger partial charge is 0.245 e. The number of furan rings is 2. The van der Waals surface area contributed by atoms with Gasteiger partial charge in [-0.3, -0.25) is 0 Å². The highest BCUT2D eigenvalue weighted by atomic mass is 32.2. The SMILES string of the molecule is CNCc1c(C)oc(C)c1S(=O)(=O)NC(C)c1ccco1. The zero-order valence-corrected chi connectivity index (χ0v) is 13.4. The summed E-state index contributed by atoms with van der Waals surface area (Å²) in [6, 6.07) is 3.00. The van der Waals surface area contributed by atoms with E-state index in [1.807, 2.05) is 0 Å². The first-order valence-corrected chi connectivity index (χ1v) is 8.14. The van der Waals surface area contributed by atoms with E-state index in [0.29, 0.717) is 29.4 Å². The maximum absolute atomic E-state index is 12.6. The van der Waals surface area contributed by atoms with Crippen molar-refractivity contribution < 1.29 is 17.3 Å². The minimum absolute atomic E-state index is 0.202. The first-order valence-electron chi connectivity index (χ1n) is 6.66. The predicted molar refractivity (Wildman–Crippen MR) is 78.4 cm³/mol. The van der Waals surface area contributed by atoms with E-state index in [1.165, 1.54) is 6.26 Å². The predicted octanol–water partition coefficient (Wildman–Crippen LogP) is 2.25. The molecular formula is C14H20N2O4S. The molecule has 0 fully saturated rings. The highest BCUT2D eigenvalue weighted by Gasteiger charge is 2.28. The maximum atomic E-state index is 12.6. The highest BCUT2D eigenvalue weighted by molar-refractivity contribution is 7.89. The Morgan fingerprint density at radius 1 is 1.29 bits per heavy atom. The van der Waals surface area contributed by atoms with Crippen LogP contribution in [-0.4, -0.2) is 15.5 Å². The Morgan fingerprint density at radius 3 is 2.57 bits per heavy atom. The molecule has 6 nitrogen and oxygen atoms in total. The Bertz CT molecular complexity index is 702. The van der Waals surface area contributed by atoms with Crippen molar-refractivity contribution in [3.63, 3.8) is 0 Å². The molecule has 0 bridgehead atoms. The molecule has 0 radical (unpaired) electrons. The molecule has 0 aliphatic heterocycles. The van der Waals surface area contributed by atoms with E-state index in [2.05, 4.69) is 10.0 Å². The maximum Gasteiger partial charge on any atom is 0.245 e. The van der Waals surface area contributed by atoms with Crippen molar-refractivity contribution in [2.24, 2.45) is 0 Å². The molecule has 1 unspecified atom stereocenters. The molecule has 0 spiro atoms. The van der Waals surface area contributed by atoms with Crippen LogP contribution in [0.2, 0.25) is 0 Å². The second-order valence-corrected chi connectivity index (χ2v) is 6.56. The zero-order chi connectivity index (χ0) is 15.6. The molecule has 0 aliphatic rings. The average molecular weight is 312 g/mol. The van der Waals surface area contributed by atoms with Crippen molar-refractivity contribution in [1.29, 1.82) is 0 Å². The summed E-state index contributed by atoms with van der Waals surface area (Å²) in [5.74, 6) is 1.55. The number of nitrogens with one attached hydrogen (secondary N) is 2. The van der Waals surface area contributed by atoms with Crippen LogP contribution in [0.15, 0.2) is 32.1 Å². The van der Waals surface area contributed by atoms with Crippen molar-refractivity contribution in [2.45, 2.75) is 38.3 Å². The minimum atomic E-state index is -3.69. The van der Waals surface area contributed by atoms with Crippen LogP contribution < -0.4 is 10.0 Å². The van der Waals surface area contributed by atoms with Gasteiger partial charge in [-0.1, -0.05) is 0 Å². The summed E-state index contributed by atoms with van der Waals surface area (Å²) in [4.78, 5) is 0.202. The fourth-order valence-electron chi connectivity index (χ4n) is 2.33. The summed E-state index contributed by atoms with van der Waals surface area (Å²) in [5.41, 5.74) is 0.647. The molecular weight excluding hydrogens is 292 g/mol. The van der Waals surface area contributed by atoms with E-state index < -0.39 is 16.1 Å². The van der Waals surface area contributed by atoms with Gasteiger partial charge in [-0.05, 0) is 40.0 Å². The number of hydrogen-bond acceptors (Lipinski definition) is 5. The minimum Gasteiger partial charge on any atom is -0.468 e. The summed E-state index contributed by atoms with van der Waals surface area (Å²) in [7, 11) is -1.93. The van der Waals surface area contributed by atoms with Gasteiger partial charge < -0.3 is 14.2 Å². The summed E-state index contributed by atoms with van der Waals surface area (Å²) < 4.78 is 38.6. The van der Waals surface area contributed by atoms with Crippen LogP contribution >= 0.6 is 0 Å². The zero-order valence-electron chi connectivity index (χ0n) is 12.6. The van der Waals surface area contributed by atoms with E-state index in [-0.39, 0.29) is 4.90 Å². The van der Waals surface area contributed by atoms with Gasteiger partial charge in [0.05, 0.1) is 12.3 Å². The van der Waals surface area contributed by atoms with Gasteiger partial charge in [-0.25, -0.2) is 13.1 Å². The lowest BCUT2D eigenvalue weighted by molar-refractivity contribution is 0.458. The van der Waals surface area contributed by atoms with Crippen LogP contribution in [0.1, 0.15) is 35.8 Å². The van der Waals surface area contributed by atoms with Crippen molar-refractivity contribution in [3.8, 4) is 0 Å². The second-order valence-electron chi connectivity index (χ2n) is 4.91. The van der Waals surface area contributed by atoms with Crippen LogP contribution in [0.3, 0.4) is 0 Å². The number of rotatable bonds is 6. The van der Waals surface area contributed by atoms with E-state index in [1.54, 1.807) is 40.0 Å². The van der Waals surface area contributed by atoms with E-state index >= 15 is 0 Å². The number of hydrogen-bond donors (Lipinski definition) is 2. The van der Waals surface area contributed by atoms with Crippen LogP contribution in [0, 0.1) is 13.8 Å². The average Bonchev–Trinajstić information content (AvgIpc) is 2.98. The molecule has 7 heteroatoms. The normalized spacial score (nSPS) is 13.5. The van der Waals surface area contributed by atoms with Gasteiger partial charge in [0.15, 0.2) is 0 Å². The standard InChI is InChI=1S/C14H20N2O4S/c1-9(13-6-5-7-19-13)16-21(17,18)14-11(3)20-10(2)12(14)8-15-4/h5-7,9,15-16H,8H2,1-4H3. The van der Waals surface area contributed by atoms with E-state index in [0.717, 1.165) is 0 Å². The first kappa shape index (κ1) is 15.8. The van der Waals surface area contributed by atoms with Crippen molar-refractivity contribution in [3.05, 3.63) is 41.2 Å². The van der Waals surface area contributed by atoms with Crippen molar-refractivity contribution >= 4 is 10.0 Å². The van der Waals surface area contributed by atoms with Crippen LogP contribution in [-0.2, 0) is 16.6 Å². The van der Waals surface area contributed by atoms with Crippen LogP contribution in [0.25, 0.3) is 0 Å². The van der Waals surface area contributed by atoms with Gasteiger partial charge in [0.25, 0.3) is 0 Å². The van der Waals surface area contributed by atoms with Gasteiger partial charge in [-0.15, -0.1) is 0 Å². The second kappa shape index (κ2) is 6.05. The molecule has 1 atom stereocenters. The molecule has 0 saturated carbocycles. The molecule has 0 saturated heterocycles. The molecule has 0 aromatic carbocycles. The van der Waals surface area contributed by atoms with E-state index in [4.69, 9.17) is 8.83 Å². The van der Waals surface area contributed by atoms with Gasteiger partial charge >= 0.3 is 0 Å². The van der Waals surface area contributed by atoms with Gasteiger partial charge in [0.1, 0.15) is 22.2 Å². The largest absolute Gasteiger partial charge is 0.468 e.